The van der Waals surface area contributed by atoms with Crippen LogP contribution in [0, 0.1) is 0 Å². The van der Waals surface area contributed by atoms with Crippen LogP contribution >= 0.6 is 0 Å². The zero-order chi connectivity index (χ0) is 13.9. The van der Waals surface area contributed by atoms with E-state index in [0.29, 0.717) is 18.0 Å². The zero-order valence-corrected chi connectivity index (χ0v) is 11.1. The van der Waals surface area contributed by atoms with Gasteiger partial charge in [-0.2, -0.15) is 0 Å². The van der Waals surface area contributed by atoms with E-state index in [1.54, 1.807) is 12.1 Å². The number of hydrogen-bond donors (Lipinski definition) is 2. The monoisotopic (exact) mass is 284 g/mol. The van der Waals surface area contributed by atoms with Crippen LogP contribution < -0.4 is 5.14 Å². The van der Waals surface area contributed by atoms with Crippen molar-refractivity contribution in [2.45, 2.75) is 30.3 Å². The molecular formula is C12H16N2O4S. The number of benzene rings is 1. The van der Waals surface area contributed by atoms with Gasteiger partial charge in [0.2, 0.25) is 10.0 Å². The Morgan fingerprint density at radius 1 is 1.37 bits per heavy atom. The Kier molecular flexibility index (Phi) is 4.18. The third kappa shape index (κ3) is 3.76. The Bertz CT molecular complexity index is 566. The van der Waals surface area contributed by atoms with Crippen LogP contribution in [0.1, 0.15) is 19.3 Å². The molecule has 7 heteroatoms. The van der Waals surface area contributed by atoms with Crippen molar-refractivity contribution >= 4 is 21.6 Å². The van der Waals surface area contributed by atoms with Crippen molar-refractivity contribution in [3.63, 3.8) is 0 Å². The first kappa shape index (κ1) is 14.0. The van der Waals surface area contributed by atoms with Crippen molar-refractivity contribution in [3.8, 4) is 0 Å². The summed E-state index contributed by atoms with van der Waals surface area (Å²) in [5.41, 5.74) is 0.598. The van der Waals surface area contributed by atoms with Gasteiger partial charge in [0, 0.05) is 6.42 Å². The van der Waals surface area contributed by atoms with Gasteiger partial charge in [0.1, 0.15) is 6.10 Å². The first-order valence-corrected chi connectivity index (χ1v) is 7.51. The second-order valence-corrected chi connectivity index (χ2v) is 5.92. The molecule has 3 N–H and O–H groups in total. The second-order valence-electron chi connectivity index (χ2n) is 4.36. The van der Waals surface area contributed by atoms with Gasteiger partial charge in [0.15, 0.2) is 5.90 Å². The SMILES string of the molecule is NS(=O)(=O)c1ccc(N=C2CCCC(CO)O2)cc1. The normalized spacial score (nSPS) is 22.2. The van der Waals surface area contributed by atoms with E-state index in [9.17, 15) is 8.42 Å². The Morgan fingerprint density at radius 3 is 2.63 bits per heavy atom. The van der Waals surface area contributed by atoms with E-state index in [2.05, 4.69) is 4.99 Å². The number of nitrogens with two attached hydrogens (primary N) is 1. The third-order valence-electron chi connectivity index (χ3n) is 2.84. The molecule has 1 aromatic carbocycles. The molecule has 0 aromatic heterocycles. The maximum absolute atomic E-state index is 11.1. The summed E-state index contributed by atoms with van der Waals surface area (Å²) in [5, 5.41) is 14.1. The number of rotatable bonds is 3. The van der Waals surface area contributed by atoms with Crippen molar-refractivity contribution in [2.75, 3.05) is 6.61 Å². The van der Waals surface area contributed by atoms with E-state index in [-0.39, 0.29) is 17.6 Å². The minimum Gasteiger partial charge on any atom is -0.475 e. The van der Waals surface area contributed by atoms with Crippen molar-refractivity contribution in [1.29, 1.82) is 0 Å². The molecule has 1 fully saturated rings. The largest absolute Gasteiger partial charge is 0.475 e. The Hall–Kier alpha value is -1.44. The lowest BCUT2D eigenvalue weighted by atomic mass is 10.1. The molecular weight excluding hydrogens is 268 g/mol. The van der Waals surface area contributed by atoms with E-state index in [1.807, 2.05) is 0 Å². The number of aliphatic hydroxyl groups is 1. The molecule has 104 valence electrons. The van der Waals surface area contributed by atoms with Gasteiger partial charge in [0.05, 0.1) is 17.2 Å². The minimum atomic E-state index is -3.68. The van der Waals surface area contributed by atoms with Crippen LogP contribution in [0.15, 0.2) is 34.2 Å². The molecule has 1 heterocycles. The Morgan fingerprint density at radius 2 is 2.05 bits per heavy atom. The number of hydrogen-bond acceptors (Lipinski definition) is 5. The second kappa shape index (κ2) is 5.68. The highest BCUT2D eigenvalue weighted by atomic mass is 32.2. The Balaban J connectivity index is 2.15. The molecule has 1 aliphatic heterocycles. The fourth-order valence-corrected chi connectivity index (χ4v) is 2.37. The van der Waals surface area contributed by atoms with Crippen LogP contribution in [-0.2, 0) is 14.8 Å². The maximum Gasteiger partial charge on any atom is 0.238 e. The molecule has 1 unspecified atom stereocenters. The van der Waals surface area contributed by atoms with Crippen LogP contribution in [-0.4, -0.2) is 32.1 Å². The van der Waals surface area contributed by atoms with Gasteiger partial charge in [-0.1, -0.05) is 0 Å². The van der Waals surface area contributed by atoms with Gasteiger partial charge in [-0.15, -0.1) is 0 Å². The lowest BCUT2D eigenvalue weighted by molar-refractivity contribution is 0.0810. The van der Waals surface area contributed by atoms with Crippen LogP contribution in [0.2, 0.25) is 0 Å². The molecule has 0 radical (unpaired) electrons. The number of primary sulfonamides is 1. The fraction of sp³-hybridized carbons (Fsp3) is 0.417. The van der Waals surface area contributed by atoms with Gasteiger partial charge in [-0.05, 0) is 37.1 Å². The van der Waals surface area contributed by atoms with Gasteiger partial charge in [-0.25, -0.2) is 18.5 Å². The summed E-state index contributed by atoms with van der Waals surface area (Å²) in [6.45, 7) is -0.0244. The predicted molar refractivity (Wildman–Crippen MR) is 70.7 cm³/mol. The van der Waals surface area contributed by atoms with Gasteiger partial charge < -0.3 is 9.84 Å². The molecule has 6 nitrogen and oxygen atoms in total. The summed E-state index contributed by atoms with van der Waals surface area (Å²) in [4.78, 5) is 4.34. The van der Waals surface area contributed by atoms with Gasteiger partial charge in [0.25, 0.3) is 0 Å². The third-order valence-corrected chi connectivity index (χ3v) is 3.77. The summed E-state index contributed by atoms with van der Waals surface area (Å²) in [6, 6.07) is 5.94. The molecule has 19 heavy (non-hydrogen) atoms. The lowest BCUT2D eigenvalue weighted by Crippen LogP contribution is -2.26. The molecule has 0 bridgehead atoms. The topological polar surface area (TPSA) is 102 Å². The van der Waals surface area contributed by atoms with E-state index >= 15 is 0 Å². The average molecular weight is 284 g/mol. The summed E-state index contributed by atoms with van der Waals surface area (Å²) in [7, 11) is -3.68. The molecule has 1 aromatic rings. The Labute approximate surface area is 112 Å². The van der Waals surface area contributed by atoms with Crippen molar-refractivity contribution in [2.24, 2.45) is 10.1 Å². The van der Waals surface area contributed by atoms with Crippen LogP contribution in [0.5, 0.6) is 0 Å². The van der Waals surface area contributed by atoms with Crippen molar-refractivity contribution < 1.29 is 18.3 Å². The number of aliphatic imine (C=N–C) groups is 1. The first-order chi connectivity index (χ1) is 8.99. The zero-order valence-electron chi connectivity index (χ0n) is 10.3. The lowest BCUT2D eigenvalue weighted by Gasteiger charge is -2.23. The van der Waals surface area contributed by atoms with Crippen molar-refractivity contribution in [3.05, 3.63) is 24.3 Å². The molecule has 0 amide bonds. The smallest absolute Gasteiger partial charge is 0.238 e. The summed E-state index contributed by atoms with van der Waals surface area (Å²) < 4.78 is 27.7. The van der Waals surface area contributed by atoms with Crippen molar-refractivity contribution in [1.82, 2.24) is 0 Å². The van der Waals surface area contributed by atoms with Gasteiger partial charge >= 0.3 is 0 Å². The van der Waals surface area contributed by atoms with E-state index in [0.717, 1.165) is 12.8 Å². The van der Waals surface area contributed by atoms with Crippen LogP contribution in [0.25, 0.3) is 0 Å². The van der Waals surface area contributed by atoms with Crippen LogP contribution in [0.4, 0.5) is 5.69 Å². The molecule has 0 spiro atoms. The van der Waals surface area contributed by atoms with E-state index in [4.69, 9.17) is 15.0 Å². The number of ether oxygens (including phenoxy) is 1. The van der Waals surface area contributed by atoms with E-state index < -0.39 is 10.0 Å². The standard InChI is InChI=1S/C12H16N2O4S/c13-19(16,17)11-6-4-9(5-7-11)14-12-3-1-2-10(8-15)18-12/h4-7,10,15H,1-3,8H2,(H2,13,16,17). The summed E-state index contributed by atoms with van der Waals surface area (Å²) in [5.74, 6) is 0.564. The van der Waals surface area contributed by atoms with E-state index in [1.165, 1.54) is 12.1 Å². The summed E-state index contributed by atoms with van der Waals surface area (Å²) in [6.07, 6.45) is 2.25. The first-order valence-electron chi connectivity index (χ1n) is 5.97. The number of nitrogens with zero attached hydrogens (tertiary/aromatic N) is 1. The molecule has 1 aliphatic rings. The maximum atomic E-state index is 11.1. The molecule has 0 aliphatic carbocycles. The molecule has 1 saturated heterocycles. The molecule has 0 saturated carbocycles. The quantitative estimate of drug-likeness (QED) is 0.861. The minimum absolute atomic E-state index is 0.0244. The molecule has 1 atom stereocenters. The molecule has 2 rings (SSSR count). The predicted octanol–water partition coefficient (Wildman–Crippen LogP) is 0.925. The van der Waals surface area contributed by atoms with Gasteiger partial charge in [-0.3, -0.25) is 0 Å². The highest BCUT2D eigenvalue weighted by Gasteiger charge is 2.18. The highest BCUT2D eigenvalue weighted by Crippen LogP contribution is 2.20. The fourth-order valence-electron chi connectivity index (χ4n) is 1.86. The van der Waals surface area contributed by atoms with Crippen LogP contribution in [0.3, 0.4) is 0 Å². The number of sulfonamides is 1. The highest BCUT2D eigenvalue weighted by molar-refractivity contribution is 7.89. The number of aliphatic hydroxyl groups excluding tert-OH is 1. The summed E-state index contributed by atoms with van der Waals surface area (Å²) >= 11 is 0. The average Bonchev–Trinajstić information content (AvgIpc) is 2.38.